The van der Waals surface area contributed by atoms with Gasteiger partial charge in [0.2, 0.25) is 0 Å². The maximum Gasteiger partial charge on any atom is 0.420 e. The highest BCUT2D eigenvalue weighted by Crippen LogP contribution is 2.41. The van der Waals surface area contributed by atoms with Gasteiger partial charge in [-0.25, -0.2) is 0 Å². The van der Waals surface area contributed by atoms with Crippen molar-refractivity contribution >= 4 is 28.3 Å². The van der Waals surface area contributed by atoms with E-state index in [0.29, 0.717) is 6.42 Å². The molecule has 1 aromatic rings. The van der Waals surface area contributed by atoms with Gasteiger partial charge in [0.1, 0.15) is 5.75 Å². The summed E-state index contributed by atoms with van der Waals surface area (Å²) in [7, 11) is 0. The van der Waals surface area contributed by atoms with Crippen LogP contribution in [0, 0.1) is 0 Å². The normalized spacial score (nSPS) is 12.7. The number of halogens is 5. The van der Waals surface area contributed by atoms with Gasteiger partial charge in [-0.3, -0.25) is 0 Å². The standard InChI is InChI=1S/C12H13BrF3NO.ClH/c1-6(2)3-10(17)8-4-7(13)5-9(11(8)18)12(14,15)16;/h4-5,10,18H,1,3,17H2,2H3;1H/t10-;/m0./s1. The summed E-state index contributed by atoms with van der Waals surface area (Å²) in [4.78, 5) is 0. The lowest BCUT2D eigenvalue weighted by Gasteiger charge is -2.18. The van der Waals surface area contributed by atoms with Crippen LogP contribution >= 0.6 is 28.3 Å². The van der Waals surface area contributed by atoms with E-state index in [-0.39, 0.29) is 22.4 Å². The molecule has 1 atom stereocenters. The second-order valence-electron chi connectivity index (χ2n) is 4.16. The molecule has 0 heterocycles. The lowest BCUT2D eigenvalue weighted by atomic mass is 9.98. The molecule has 0 aromatic heterocycles. The topological polar surface area (TPSA) is 46.2 Å². The zero-order chi connectivity index (χ0) is 14.1. The molecule has 1 rings (SSSR count). The van der Waals surface area contributed by atoms with Gasteiger partial charge in [-0.1, -0.05) is 21.5 Å². The van der Waals surface area contributed by atoms with Crippen molar-refractivity contribution in [1.82, 2.24) is 0 Å². The molecule has 3 N–H and O–H groups in total. The van der Waals surface area contributed by atoms with Crippen LogP contribution in [0.3, 0.4) is 0 Å². The zero-order valence-electron chi connectivity index (χ0n) is 10.1. The van der Waals surface area contributed by atoms with Crippen molar-refractivity contribution in [2.75, 3.05) is 0 Å². The van der Waals surface area contributed by atoms with Gasteiger partial charge in [0, 0.05) is 16.1 Å². The lowest BCUT2D eigenvalue weighted by molar-refractivity contribution is -0.138. The highest BCUT2D eigenvalue weighted by molar-refractivity contribution is 9.10. The molecule has 0 radical (unpaired) electrons. The summed E-state index contributed by atoms with van der Waals surface area (Å²) in [5.74, 6) is -0.820. The maximum atomic E-state index is 12.7. The van der Waals surface area contributed by atoms with Gasteiger partial charge in [0.25, 0.3) is 0 Å². The van der Waals surface area contributed by atoms with Crippen LogP contribution in [0.25, 0.3) is 0 Å². The first-order valence-corrected chi connectivity index (χ1v) is 5.91. The Bertz CT molecular complexity index is 477. The zero-order valence-corrected chi connectivity index (χ0v) is 12.5. The fourth-order valence-electron chi connectivity index (χ4n) is 1.60. The number of alkyl halides is 3. The second kappa shape index (κ2) is 6.63. The minimum absolute atomic E-state index is 0. The van der Waals surface area contributed by atoms with Crippen LogP contribution in [-0.2, 0) is 6.18 Å². The van der Waals surface area contributed by atoms with Gasteiger partial charge >= 0.3 is 6.18 Å². The van der Waals surface area contributed by atoms with Gasteiger partial charge in [-0.05, 0) is 25.5 Å². The van der Waals surface area contributed by atoms with E-state index in [0.717, 1.165) is 11.6 Å². The smallest absolute Gasteiger partial charge is 0.420 e. The number of phenols is 1. The Labute approximate surface area is 124 Å². The molecule has 0 aliphatic rings. The predicted octanol–water partition coefficient (Wildman–Crippen LogP) is 4.56. The van der Waals surface area contributed by atoms with Gasteiger partial charge in [0.15, 0.2) is 0 Å². The minimum Gasteiger partial charge on any atom is -0.507 e. The Kier molecular flexibility index (Phi) is 6.38. The summed E-state index contributed by atoms with van der Waals surface area (Å²) < 4.78 is 38.3. The summed E-state index contributed by atoms with van der Waals surface area (Å²) >= 11 is 2.99. The Balaban J connectivity index is 0.00000324. The molecule has 19 heavy (non-hydrogen) atoms. The molecule has 108 valence electrons. The molecule has 0 fully saturated rings. The van der Waals surface area contributed by atoms with Crippen molar-refractivity contribution in [2.24, 2.45) is 5.73 Å². The number of benzene rings is 1. The molecule has 0 aliphatic heterocycles. The minimum atomic E-state index is -4.62. The number of aromatic hydroxyl groups is 1. The van der Waals surface area contributed by atoms with Crippen LogP contribution < -0.4 is 5.73 Å². The molecule has 2 nitrogen and oxygen atoms in total. The first kappa shape index (κ1) is 18.3. The van der Waals surface area contributed by atoms with E-state index < -0.39 is 23.5 Å². The van der Waals surface area contributed by atoms with Crippen molar-refractivity contribution in [1.29, 1.82) is 0 Å². The van der Waals surface area contributed by atoms with E-state index in [1.807, 2.05) is 0 Å². The summed E-state index contributed by atoms with van der Waals surface area (Å²) in [5.41, 5.74) is 5.46. The highest BCUT2D eigenvalue weighted by Gasteiger charge is 2.35. The van der Waals surface area contributed by atoms with Gasteiger partial charge in [-0.15, -0.1) is 19.0 Å². The molecule has 0 saturated heterocycles. The van der Waals surface area contributed by atoms with Crippen molar-refractivity contribution < 1.29 is 18.3 Å². The number of hydrogen-bond donors (Lipinski definition) is 2. The fraction of sp³-hybridized carbons (Fsp3) is 0.333. The summed E-state index contributed by atoms with van der Waals surface area (Å²) in [5, 5.41) is 9.68. The monoisotopic (exact) mass is 359 g/mol. The first-order chi connectivity index (χ1) is 8.12. The molecule has 1 aromatic carbocycles. The van der Waals surface area contributed by atoms with Gasteiger partial charge in [-0.2, -0.15) is 13.2 Å². The fourth-order valence-corrected chi connectivity index (χ4v) is 2.08. The van der Waals surface area contributed by atoms with Crippen LogP contribution in [0.5, 0.6) is 5.75 Å². The Hall–Kier alpha value is -0.720. The number of rotatable bonds is 3. The van der Waals surface area contributed by atoms with Crippen LogP contribution in [0.2, 0.25) is 0 Å². The third-order valence-corrected chi connectivity index (χ3v) is 2.84. The molecular weight excluding hydrogens is 346 g/mol. The summed E-state index contributed by atoms with van der Waals surface area (Å²) in [6.45, 7) is 5.37. The predicted molar refractivity (Wildman–Crippen MR) is 74.4 cm³/mol. The maximum absolute atomic E-state index is 12.7. The molecule has 0 saturated carbocycles. The van der Waals surface area contributed by atoms with Crippen molar-refractivity contribution in [3.63, 3.8) is 0 Å². The second-order valence-corrected chi connectivity index (χ2v) is 5.07. The van der Waals surface area contributed by atoms with Crippen LogP contribution in [0.15, 0.2) is 28.8 Å². The van der Waals surface area contributed by atoms with E-state index in [1.54, 1.807) is 6.92 Å². The molecular formula is C12H14BrClF3NO. The number of hydrogen-bond acceptors (Lipinski definition) is 2. The highest BCUT2D eigenvalue weighted by atomic mass is 79.9. The van der Waals surface area contributed by atoms with Crippen LogP contribution in [0.1, 0.15) is 30.5 Å². The van der Waals surface area contributed by atoms with Gasteiger partial charge in [0.05, 0.1) is 5.56 Å². The first-order valence-electron chi connectivity index (χ1n) is 5.12. The molecule has 0 unspecified atom stereocenters. The summed E-state index contributed by atoms with van der Waals surface area (Å²) in [6, 6.07) is 1.49. The lowest BCUT2D eigenvalue weighted by Crippen LogP contribution is -2.14. The van der Waals surface area contributed by atoms with E-state index in [2.05, 4.69) is 22.5 Å². The quantitative estimate of drug-likeness (QED) is 0.776. The number of phenolic OH excluding ortho intramolecular Hbond substituents is 1. The molecule has 7 heteroatoms. The van der Waals surface area contributed by atoms with Crippen molar-refractivity contribution in [3.05, 3.63) is 39.9 Å². The summed E-state index contributed by atoms with van der Waals surface area (Å²) in [6.07, 6.45) is -4.31. The largest absolute Gasteiger partial charge is 0.507 e. The molecule has 0 aliphatic carbocycles. The average molecular weight is 361 g/mol. The van der Waals surface area contributed by atoms with E-state index >= 15 is 0 Å². The van der Waals surface area contributed by atoms with Crippen molar-refractivity contribution in [3.8, 4) is 5.75 Å². The van der Waals surface area contributed by atoms with E-state index in [9.17, 15) is 18.3 Å². The molecule has 0 spiro atoms. The Morgan fingerprint density at radius 2 is 2.00 bits per heavy atom. The van der Waals surface area contributed by atoms with Crippen LogP contribution in [-0.4, -0.2) is 5.11 Å². The Morgan fingerprint density at radius 1 is 1.47 bits per heavy atom. The van der Waals surface area contributed by atoms with Crippen LogP contribution in [0.4, 0.5) is 13.2 Å². The SMILES string of the molecule is C=C(C)C[C@H](N)c1cc(Br)cc(C(F)(F)F)c1O.Cl. The van der Waals surface area contributed by atoms with Crippen molar-refractivity contribution in [2.45, 2.75) is 25.6 Å². The third-order valence-electron chi connectivity index (χ3n) is 2.38. The van der Waals surface area contributed by atoms with E-state index in [4.69, 9.17) is 5.73 Å². The number of nitrogens with two attached hydrogens (primary N) is 1. The van der Waals surface area contributed by atoms with Gasteiger partial charge < -0.3 is 10.8 Å². The molecule has 0 amide bonds. The average Bonchev–Trinajstić information content (AvgIpc) is 2.18. The third kappa shape index (κ3) is 4.71. The van der Waals surface area contributed by atoms with E-state index in [1.165, 1.54) is 6.07 Å². The Morgan fingerprint density at radius 3 is 2.42 bits per heavy atom. The molecule has 0 bridgehead atoms.